The smallest absolute Gasteiger partial charge is 0.106 e. The van der Waals surface area contributed by atoms with E-state index in [4.69, 9.17) is 4.79 Å². The lowest BCUT2D eigenvalue weighted by Gasteiger charge is -2.15. The zero-order valence-corrected chi connectivity index (χ0v) is 11.3. The molecule has 0 aliphatic heterocycles. The van der Waals surface area contributed by atoms with E-state index in [1.54, 1.807) is 11.1 Å². The molecule has 94 valence electrons. The van der Waals surface area contributed by atoms with Gasteiger partial charge in [0, 0.05) is 0 Å². The Morgan fingerprint density at radius 2 is 1.47 bits per heavy atom. The molecule has 0 amide bonds. The first-order valence-corrected chi connectivity index (χ1v) is 6.07. The molecule has 0 spiro atoms. The molecular weight excluding hydrogens is 208 g/mol. The molecule has 0 heterocycles. The van der Waals surface area contributed by atoms with Crippen LogP contribution in [0.5, 0.6) is 0 Å². The van der Waals surface area contributed by atoms with Crippen molar-refractivity contribution in [2.45, 2.75) is 46.5 Å². The molecule has 1 aromatic carbocycles. The molecule has 1 aliphatic carbocycles. The molecule has 0 bridgehead atoms. The zero-order chi connectivity index (χ0) is 13.7. The largest absolute Gasteiger partial charge is 0.307 e. The summed E-state index contributed by atoms with van der Waals surface area (Å²) in [6.07, 6.45) is 13.4. The molecular formula is C16H24O. The van der Waals surface area contributed by atoms with Crippen molar-refractivity contribution in [1.29, 1.82) is 0 Å². The van der Waals surface area contributed by atoms with Crippen LogP contribution in [0.1, 0.15) is 43.4 Å². The van der Waals surface area contributed by atoms with Crippen LogP contribution in [-0.4, -0.2) is 6.79 Å². The molecule has 0 atom stereocenters. The quantitative estimate of drug-likeness (QED) is 0.619. The highest BCUT2D eigenvalue weighted by molar-refractivity contribution is 5.33. The van der Waals surface area contributed by atoms with Gasteiger partial charge in [-0.1, -0.05) is 37.6 Å². The van der Waals surface area contributed by atoms with Gasteiger partial charge in [-0.05, 0) is 43.7 Å². The van der Waals surface area contributed by atoms with Crippen molar-refractivity contribution in [3.05, 3.63) is 34.9 Å². The Morgan fingerprint density at radius 3 is 2.00 bits per heavy atom. The molecule has 1 heteroatoms. The van der Waals surface area contributed by atoms with E-state index in [0.717, 1.165) is 0 Å². The van der Waals surface area contributed by atoms with Crippen LogP contribution >= 0.6 is 0 Å². The second-order valence-electron chi connectivity index (χ2n) is 3.48. The van der Waals surface area contributed by atoms with Crippen molar-refractivity contribution in [3.8, 4) is 12.8 Å². The third-order valence-electron chi connectivity index (χ3n) is 2.50. The molecule has 2 rings (SSSR count). The predicted octanol–water partition coefficient (Wildman–Crippen LogP) is 3.96. The highest BCUT2D eigenvalue weighted by Crippen LogP contribution is 2.21. The van der Waals surface area contributed by atoms with Gasteiger partial charge in [0.1, 0.15) is 6.79 Å². The van der Waals surface area contributed by atoms with E-state index in [-0.39, 0.29) is 0 Å². The summed E-state index contributed by atoms with van der Waals surface area (Å²) in [5, 5.41) is 0. The zero-order valence-electron chi connectivity index (χ0n) is 11.3. The maximum absolute atomic E-state index is 8.00. The highest BCUT2D eigenvalue weighted by Gasteiger charge is 2.07. The summed E-state index contributed by atoms with van der Waals surface area (Å²) < 4.78 is 0. The summed E-state index contributed by atoms with van der Waals surface area (Å²) >= 11 is 0. The van der Waals surface area contributed by atoms with E-state index in [0.29, 0.717) is 0 Å². The Kier molecular flexibility index (Phi) is 13.1. The molecule has 0 saturated heterocycles. The first kappa shape index (κ1) is 17.8. The maximum Gasteiger partial charge on any atom is 0.106 e. The van der Waals surface area contributed by atoms with Crippen LogP contribution < -0.4 is 0 Å². The van der Waals surface area contributed by atoms with Crippen LogP contribution in [0.15, 0.2) is 18.2 Å². The van der Waals surface area contributed by atoms with E-state index in [1.807, 2.05) is 20.6 Å². The summed E-state index contributed by atoms with van der Waals surface area (Å²) in [5.41, 5.74) is 4.59. The van der Waals surface area contributed by atoms with E-state index in [9.17, 15) is 0 Å². The van der Waals surface area contributed by atoms with Crippen LogP contribution in [0.25, 0.3) is 0 Å². The Bertz CT molecular complexity index is 313. The fraction of sp³-hybridized carbons (Fsp3) is 0.438. The van der Waals surface area contributed by atoms with Gasteiger partial charge in [0.25, 0.3) is 0 Å². The molecule has 0 N–H and O–H groups in total. The van der Waals surface area contributed by atoms with Crippen molar-refractivity contribution in [3.63, 3.8) is 0 Å². The van der Waals surface area contributed by atoms with Gasteiger partial charge in [-0.25, -0.2) is 0 Å². The number of rotatable bonds is 0. The van der Waals surface area contributed by atoms with Crippen LogP contribution in [0, 0.1) is 19.8 Å². The molecule has 0 saturated carbocycles. The summed E-state index contributed by atoms with van der Waals surface area (Å²) in [7, 11) is 0. The lowest BCUT2D eigenvalue weighted by molar-refractivity contribution is -0.0979. The van der Waals surface area contributed by atoms with Gasteiger partial charge in [-0.2, -0.15) is 0 Å². The second-order valence-corrected chi connectivity index (χ2v) is 3.48. The Balaban J connectivity index is 0. The molecule has 1 nitrogen and oxygen atoms in total. The Hall–Kier alpha value is -1.55. The van der Waals surface area contributed by atoms with E-state index in [1.165, 1.54) is 31.2 Å². The topological polar surface area (TPSA) is 17.1 Å². The number of terminal acetylenes is 1. The van der Waals surface area contributed by atoms with Gasteiger partial charge in [0.15, 0.2) is 0 Å². The monoisotopic (exact) mass is 232 g/mol. The maximum atomic E-state index is 8.00. The lowest BCUT2D eigenvalue weighted by Crippen LogP contribution is -2.01. The molecule has 17 heavy (non-hydrogen) atoms. The summed E-state index contributed by atoms with van der Waals surface area (Å²) in [4.78, 5) is 8.00. The van der Waals surface area contributed by atoms with Gasteiger partial charge < -0.3 is 4.79 Å². The molecule has 1 aliphatic rings. The standard InChI is InChI=1S/C11H14.C2H6.C2H2.CH2O/c1-9-6-7-10-4-2-3-5-11(10)8-9;3*1-2/h6-8H,2-5H2,1H3;1-2H3;1-2H;1H2. The fourth-order valence-corrected chi connectivity index (χ4v) is 1.86. The van der Waals surface area contributed by atoms with Crippen molar-refractivity contribution in [1.82, 2.24) is 0 Å². The van der Waals surface area contributed by atoms with Gasteiger partial charge in [0.05, 0.1) is 0 Å². The Morgan fingerprint density at radius 1 is 1.00 bits per heavy atom. The number of aryl methyl sites for hydroxylation is 3. The normalized spacial score (nSPS) is 11.1. The first-order chi connectivity index (χ1) is 8.36. The minimum atomic E-state index is 1.30. The molecule has 1 aromatic rings. The van der Waals surface area contributed by atoms with Crippen LogP contribution in [0.3, 0.4) is 0 Å². The van der Waals surface area contributed by atoms with E-state index < -0.39 is 0 Å². The van der Waals surface area contributed by atoms with Gasteiger partial charge in [0.2, 0.25) is 0 Å². The summed E-state index contributed by atoms with van der Waals surface area (Å²) in [6.45, 7) is 8.18. The van der Waals surface area contributed by atoms with E-state index >= 15 is 0 Å². The fourth-order valence-electron chi connectivity index (χ4n) is 1.86. The number of hydrogen-bond acceptors (Lipinski definition) is 1. The number of carbonyl (C=O) groups is 1. The predicted molar refractivity (Wildman–Crippen MR) is 76.2 cm³/mol. The van der Waals surface area contributed by atoms with Gasteiger partial charge in [-0.15, -0.1) is 12.8 Å². The Labute approximate surface area is 106 Å². The number of carbonyl (C=O) groups excluding carboxylic acids is 1. The van der Waals surface area contributed by atoms with Crippen LogP contribution in [0.4, 0.5) is 0 Å². The summed E-state index contributed by atoms with van der Waals surface area (Å²) in [6, 6.07) is 6.86. The number of benzene rings is 1. The van der Waals surface area contributed by atoms with E-state index in [2.05, 4.69) is 38.0 Å². The van der Waals surface area contributed by atoms with Crippen molar-refractivity contribution in [2.75, 3.05) is 0 Å². The van der Waals surface area contributed by atoms with Gasteiger partial charge in [-0.3, -0.25) is 0 Å². The molecule has 0 fully saturated rings. The average molecular weight is 232 g/mol. The molecule has 0 aromatic heterocycles. The number of fused-ring (bicyclic) bond motifs is 1. The second kappa shape index (κ2) is 12.5. The van der Waals surface area contributed by atoms with Crippen molar-refractivity contribution in [2.24, 2.45) is 0 Å². The first-order valence-electron chi connectivity index (χ1n) is 6.07. The summed E-state index contributed by atoms with van der Waals surface area (Å²) in [5.74, 6) is 0. The third-order valence-corrected chi connectivity index (χ3v) is 2.50. The van der Waals surface area contributed by atoms with Crippen molar-refractivity contribution < 1.29 is 4.79 Å². The van der Waals surface area contributed by atoms with Crippen molar-refractivity contribution >= 4 is 6.79 Å². The third kappa shape index (κ3) is 6.58. The van der Waals surface area contributed by atoms with Gasteiger partial charge >= 0.3 is 0 Å². The lowest BCUT2D eigenvalue weighted by atomic mass is 9.91. The van der Waals surface area contributed by atoms with Crippen LogP contribution in [-0.2, 0) is 17.6 Å². The highest BCUT2D eigenvalue weighted by atomic mass is 16.1. The minimum absolute atomic E-state index is 1.30. The minimum Gasteiger partial charge on any atom is -0.307 e. The molecule has 0 unspecified atom stereocenters. The number of hydrogen-bond donors (Lipinski definition) is 0. The average Bonchev–Trinajstić information content (AvgIpc) is 2.45. The molecule has 0 radical (unpaired) electrons. The van der Waals surface area contributed by atoms with Crippen LogP contribution in [0.2, 0.25) is 0 Å². The SMILES string of the molecule is C#C.C=O.CC.Cc1ccc2c(c1)CCCC2.